The third kappa shape index (κ3) is 4.05. The van der Waals surface area contributed by atoms with Crippen molar-refractivity contribution in [2.45, 2.75) is 33.3 Å². The van der Waals surface area contributed by atoms with Crippen LogP contribution in [0.2, 0.25) is 0 Å². The SMILES string of the molecule is CCCN(C)c1nc(NC)nc(OC(C)C)n1. The molecule has 0 fully saturated rings. The zero-order valence-electron chi connectivity index (χ0n) is 11.2. The number of rotatable bonds is 6. The van der Waals surface area contributed by atoms with Gasteiger partial charge in [0.05, 0.1) is 6.10 Å². The summed E-state index contributed by atoms with van der Waals surface area (Å²) in [7, 11) is 3.73. The van der Waals surface area contributed by atoms with Crippen LogP contribution in [0.1, 0.15) is 27.2 Å². The predicted octanol–water partition coefficient (Wildman–Crippen LogP) is 1.55. The van der Waals surface area contributed by atoms with Crippen molar-refractivity contribution in [2.24, 2.45) is 0 Å². The van der Waals surface area contributed by atoms with Gasteiger partial charge in [-0.05, 0) is 20.3 Å². The Morgan fingerprint density at radius 3 is 2.53 bits per heavy atom. The first-order valence-corrected chi connectivity index (χ1v) is 5.88. The normalized spacial score (nSPS) is 10.5. The number of hydrogen-bond acceptors (Lipinski definition) is 6. The molecule has 1 aromatic rings. The molecule has 0 spiro atoms. The molecule has 0 amide bonds. The fourth-order valence-corrected chi connectivity index (χ4v) is 1.33. The lowest BCUT2D eigenvalue weighted by Gasteiger charge is -2.17. The lowest BCUT2D eigenvalue weighted by atomic mass is 10.4. The predicted molar refractivity (Wildman–Crippen MR) is 68.7 cm³/mol. The van der Waals surface area contributed by atoms with Crippen LogP contribution < -0.4 is 15.0 Å². The zero-order valence-corrected chi connectivity index (χ0v) is 11.2. The van der Waals surface area contributed by atoms with Gasteiger partial charge in [0.2, 0.25) is 11.9 Å². The third-order valence-corrected chi connectivity index (χ3v) is 2.07. The average Bonchev–Trinajstić information content (AvgIpc) is 2.28. The van der Waals surface area contributed by atoms with Gasteiger partial charge in [0, 0.05) is 20.6 Å². The lowest BCUT2D eigenvalue weighted by molar-refractivity contribution is 0.222. The zero-order chi connectivity index (χ0) is 12.8. The Morgan fingerprint density at radius 1 is 1.29 bits per heavy atom. The number of hydrogen-bond donors (Lipinski definition) is 1. The summed E-state index contributed by atoms with van der Waals surface area (Å²) in [4.78, 5) is 14.7. The monoisotopic (exact) mass is 239 g/mol. The summed E-state index contributed by atoms with van der Waals surface area (Å²) in [6, 6.07) is 0.359. The molecule has 6 heteroatoms. The van der Waals surface area contributed by atoms with Gasteiger partial charge in [0.25, 0.3) is 0 Å². The Balaban J connectivity index is 2.96. The second-order valence-electron chi connectivity index (χ2n) is 4.08. The number of nitrogens with zero attached hydrogens (tertiary/aromatic N) is 4. The largest absolute Gasteiger partial charge is 0.461 e. The van der Waals surface area contributed by atoms with Gasteiger partial charge in [-0.15, -0.1) is 0 Å². The number of anilines is 2. The van der Waals surface area contributed by atoms with Crippen molar-refractivity contribution in [3.05, 3.63) is 0 Å². The van der Waals surface area contributed by atoms with Gasteiger partial charge in [-0.25, -0.2) is 0 Å². The molecule has 17 heavy (non-hydrogen) atoms. The van der Waals surface area contributed by atoms with E-state index in [0.29, 0.717) is 17.9 Å². The summed E-state index contributed by atoms with van der Waals surface area (Å²) in [5.41, 5.74) is 0. The molecule has 0 unspecified atom stereocenters. The van der Waals surface area contributed by atoms with E-state index in [1.165, 1.54) is 0 Å². The smallest absolute Gasteiger partial charge is 0.323 e. The first kappa shape index (κ1) is 13.5. The van der Waals surface area contributed by atoms with E-state index in [4.69, 9.17) is 4.74 Å². The maximum absolute atomic E-state index is 5.50. The van der Waals surface area contributed by atoms with Crippen LogP contribution in [-0.4, -0.2) is 41.7 Å². The molecule has 96 valence electrons. The fraction of sp³-hybridized carbons (Fsp3) is 0.727. The Hall–Kier alpha value is -1.59. The van der Waals surface area contributed by atoms with Crippen molar-refractivity contribution in [1.82, 2.24) is 15.0 Å². The standard InChI is InChI=1S/C11H21N5O/c1-6-7-16(5)10-13-9(12-4)14-11(15-10)17-8(2)3/h8H,6-7H2,1-5H3,(H,12,13,14,15). The molecule has 0 aliphatic carbocycles. The third-order valence-electron chi connectivity index (χ3n) is 2.07. The van der Waals surface area contributed by atoms with Crippen LogP contribution in [0.25, 0.3) is 0 Å². The van der Waals surface area contributed by atoms with Crippen LogP contribution in [0.15, 0.2) is 0 Å². The molecule has 0 atom stereocenters. The number of aromatic nitrogens is 3. The van der Waals surface area contributed by atoms with Crippen LogP contribution in [0.5, 0.6) is 6.01 Å². The minimum absolute atomic E-state index is 0.0476. The van der Waals surface area contributed by atoms with E-state index in [1.807, 2.05) is 25.8 Å². The highest BCUT2D eigenvalue weighted by molar-refractivity contribution is 5.37. The summed E-state index contributed by atoms with van der Waals surface area (Å²) in [5, 5.41) is 2.91. The molecule has 0 aliphatic rings. The molecular formula is C11H21N5O. The second kappa shape index (κ2) is 6.22. The van der Waals surface area contributed by atoms with Gasteiger partial charge >= 0.3 is 6.01 Å². The molecule has 1 N–H and O–H groups in total. The molecule has 1 heterocycles. The summed E-state index contributed by atoms with van der Waals surface area (Å²) in [5.74, 6) is 1.15. The molecular weight excluding hydrogens is 218 g/mol. The molecule has 0 aliphatic heterocycles. The highest BCUT2D eigenvalue weighted by Gasteiger charge is 2.10. The summed E-state index contributed by atoms with van der Waals surface area (Å²) in [6.45, 7) is 6.90. The summed E-state index contributed by atoms with van der Waals surface area (Å²) >= 11 is 0. The van der Waals surface area contributed by atoms with Crippen LogP contribution in [0, 0.1) is 0 Å². The minimum Gasteiger partial charge on any atom is -0.461 e. The van der Waals surface area contributed by atoms with Crippen molar-refractivity contribution in [1.29, 1.82) is 0 Å². The summed E-state index contributed by atoms with van der Waals surface area (Å²) < 4.78 is 5.50. The van der Waals surface area contributed by atoms with E-state index < -0.39 is 0 Å². The van der Waals surface area contributed by atoms with Crippen LogP contribution >= 0.6 is 0 Å². The molecule has 0 saturated heterocycles. The van der Waals surface area contributed by atoms with E-state index in [0.717, 1.165) is 13.0 Å². The molecule has 0 bridgehead atoms. The highest BCUT2D eigenvalue weighted by atomic mass is 16.5. The Kier molecular flexibility index (Phi) is 4.93. The number of ether oxygens (including phenoxy) is 1. The lowest BCUT2D eigenvalue weighted by Crippen LogP contribution is -2.22. The van der Waals surface area contributed by atoms with Crippen molar-refractivity contribution in [3.63, 3.8) is 0 Å². The van der Waals surface area contributed by atoms with Crippen molar-refractivity contribution in [2.75, 3.05) is 30.9 Å². The van der Waals surface area contributed by atoms with Gasteiger partial charge in [-0.2, -0.15) is 15.0 Å². The molecule has 6 nitrogen and oxygen atoms in total. The van der Waals surface area contributed by atoms with Crippen LogP contribution in [-0.2, 0) is 0 Å². The van der Waals surface area contributed by atoms with Crippen molar-refractivity contribution >= 4 is 11.9 Å². The Bertz CT molecular complexity index is 356. The molecule has 1 aromatic heterocycles. The molecule has 0 radical (unpaired) electrons. The van der Waals surface area contributed by atoms with E-state index >= 15 is 0 Å². The van der Waals surface area contributed by atoms with Crippen molar-refractivity contribution in [3.8, 4) is 6.01 Å². The van der Waals surface area contributed by atoms with Crippen molar-refractivity contribution < 1.29 is 4.74 Å². The van der Waals surface area contributed by atoms with E-state index in [1.54, 1.807) is 7.05 Å². The Labute approximate surface area is 102 Å². The van der Waals surface area contributed by atoms with E-state index in [-0.39, 0.29) is 6.10 Å². The molecule has 1 rings (SSSR count). The first-order chi connectivity index (χ1) is 8.06. The second-order valence-corrected chi connectivity index (χ2v) is 4.08. The van der Waals surface area contributed by atoms with E-state index in [9.17, 15) is 0 Å². The molecule has 0 aromatic carbocycles. The minimum atomic E-state index is 0.0476. The van der Waals surface area contributed by atoms with Gasteiger partial charge in [-0.3, -0.25) is 0 Å². The first-order valence-electron chi connectivity index (χ1n) is 5.88. The summed E-state index contributed by atoms with van der Waals surface area (Å²) in [6.07, 6.45) is 1.09. The van der Waals surface area contributed by atoms with E-state index in [2.05, 4.69) is 27.2 Å². The van der Waals surface area contributed by atoms with Gasteiger partial charge < -0.3 is 15.0 Å². The van der Waals surface area contributed by atoms with Crippen LogP contribution in [0.3, 0.4) is 0 Å². The maximum Gasteiger partial charge on any atom is 0.323 e. The molecule has 0 saturated carbocycles. The number of nitrogens with one attached hydrogen (secondary N) is 1. The van der Waals surface area contributed by atoms with Gasteiger partial charge in [-0.1, -0.05) is 6.92 Å². The topological polar surface area (TPSA) is 63.2 Å². The highest BCUT2D eigenvalue weighted by Crippen LogP contribution is 2.14. The quantitative estimate of drug-likeness (QED) is 0.812. The van der Waals surface area contributed by atoms with Gasteiger partial charge in [0.1, 0.15) is 0 Å². The maximum atomic E-state index is 5.50. The van der Waals surface area contributed by atoms with Crippen LogP contribution in [0.4, 0.5) is 11.9 Å². The average molecular weight is 239 g/mol. The fourth-order valence-electron chi connectivity index (χ4n) is 1.33. The van der Waals surface area contributed by atoms with Gasteiger partial charge in [0.15, 0.2) is 0 Å². The Morgan fingerprint density at radius 2 is 2.00 bits per heavy atom.